The summed E-state index contributed by atoms with van der Waals surface area (Å²) in [4.78, 5) is 9.81. The van der Waals surface area contributed by atoms with E-state index in [4.69, 9.17) is 20.8 Å². The molecule has 0 saturated heterocycles. The van der Waals surface area contributed by atoms with Crippen molar-refractivity contribution in [2.75, 3.05) is 12.3 Å². The molecule has 5 aromatic rings. The molecule has 0 aliphatic heterocycles. The maximum Gasteiger partial charge on any atom is 2.00 e. The Hall–Kier alpha value is -3.84. The smallest absolute Gasteiger partial charge is 0.814 e. The second-order valence-electron chi connectivity index (χ2n) is 9.46. The molecule has 0 N–H and O–H groups in total. The molecule has 0 aliphatic rings. The van der Waals surface area contributed by atoms with Gasteiger partial charge in [-0.3, -0.25) is 9.98 Å². The van der Waals surface area contributed by atoms with Gasteiger partial charge in [-0.1, -0.05) is 98.8 Å². The molecular formula is C38H40FeN4P2+2. The van der Waals surface area contributed by atoms with Gasteiger partial charge in [-0.15, -0.1) is 0 Å². The minimum atomic E-state index is -0.954. The Morgan fingerprint density at radius 2 is 0.667 bits per heavy atom. The largest absolute Gasteiger partial charge is 2.00 e. The molecule has 0 aliphatic carbocycles. The SMILES string of the molecule is C(C[PH+](c1ccccc1)c1ccccc1)=Nc1ccccc1N=CC[PH+](c1ccccc1)c1ccccc1.CC=[N-].CC=[N-].[Fe+2]. The molecular weight excluding hydrogens is 630 g/mol. The third-order valence-corrected chi connectivity index (χ3v) is 11.7. The van der Waals surface area contributed by atoms with Gasteiger partial charge in [-0.05, 0) is 60.7 Å². The molecule has 0 radical (unpaired) electrons. The van der Waals surface area contributed by atoms with Crippen LogP contribution in [0, 0.1) is 0 Å². The van der Waals surface area contributed by atoms with Gasteiger partial charge >= 0.3 is 17.1 Å². The predicted octanol–water partition coefficient (Wildman–Crippen LogP) is 8.11. The Bertz CT molecular complexity index is 1370. The van der Waals surface area contributed by atoms with E-state index in [1.807, 2.05) is 12.1 Å². The molecule has 0 bridgehead atoms. The van der Waals surface area contributed by atoms with Crippen LogP contribution in [-0.2, 0) is 17.1 Å². The van der Waals surface area contributed by atoms with Crippen molar-refractivity contribution in [2.45, 2.75) is 13.8 Å². The van der Waals surface area contributed by atoms with Crippen molar-refractivity contribution in [3.63, 3.8) is 0 Å². The van der Waals surface area contributed by atoms with E-state index in [2.05, 4.69) is 146 Å². The Morgan fingerprint density at radius 3 is 0.911 bits per heavy atom. The van der Waals surface area contributed by atoms with Gasteiger partial charge in [0.05, 0.1) is 48.4 Å². The summed E-state index contributed by atoms with van der Waals surface area (Å²) in [5, 5.41) is 20.5. The fraction of sp³-hybridized carbons (Fsp3) is 0.105. The first-order valence-corrected chi connectivity index (χ1v) is 18.0. The van der Waals surface area contributed by atoms with Crippen molar-refractivity contribution in [3.8, 4) is 0 Å². The molecule has 0 atom stereocenters. The number of hydrogen-bond acceptors (Lipinski definition) is 2. The maximum absolute atomic E-state index is 7.44. The predicted molar refractivity (Wildman–Crippen MR) is 204 cm³/mol. The summed E-state index contributed by atoms with van der Waals surface area (Å²) in [5.41, 5.74) is 1.83. The van der Waals surface area contributed by atoms with Gasteiger partial charge in [-0.2, -0.15) is 0 Å². The third kappa shape index (κ3) is 13.0. The molecule has 7 heteroatoms. The Balaban J connectivity index is 0.000000935. The third-order valence-electron chi connectivity index (χ3n) is 6.42. The molecule has 228 valence electrons. The quantitative estimate of drug-likeness (QED) is 0.0819. The minimum Gasteiger partial charge on any atom is -0.814 e. The minimum absolute atomic E-state index is 0. The normalized spacial score (nSPS) is 10.4. The zero-order chi connectivity index (χ0) is 31.2. The monoisotopic (exact) mass is 670 g/mol. The van der Waals surface area contributed by atoms with Gasteiger partial charge in [0.15, 0.2) is 0 Å². The number of hydrogen-bond donors (Lipinski definition) is 0. The first-order valence-electron chi connectivity index (χ1n) is 14.6. The first-order chi connectivity index (χ1) is 21.7. The first kappa shape index (κ1) is 37.3. The van der Waals surface area contributed by atoms with Crippen molar-refractivity contribution in [3.05, 3.63) is 156 Å². The van der Waals surface area contributed by atoms with Crippen LogP contribution in [-0.4, -0.2) is 37.2 Å². The average Bonchev–Trinajstić information content (AvgIpc) is 3.08. The summed E-state index contributed by atoms with van der Waals surface area (Å²) >= 11 is 0. The summed E-state index contributed by atoms with van der Waals surface area (Å²) in [7, 11) is -1.91. The van der Waals surface area contributed by atoms with Crippen LogP contribution in [0.2, 0.25) is 0 Å². The van der Waals surface area contributed by atoms with Crippen LogP contribution in [0.15, 0.2) is 156 Å². The van der Waals surface area contributed by atoms with Crippen molar-refractivity contribution in [1.82, 2.24) is 0 Å². The second kappa shape index (κ2) is 22.6. The number of benzene rings is 5. The van der Waals surface area contributed by atoms with E-state index in [0.717, 1.165) is 36.1 Å². The van der Waals surface area contributed by atoms with Crippen LogP contribution >= 0.6 is 15.8 Å². The molecule has 0 heterocycles. The zero-order valence-corrected chi connectivity index (χ0v) is 28.8. The summed E-state index contributed by atoms with van der Waals surface area (Å²) in [6.45, 7) is 3.11. The topological polar surface area (TPSA) is 69.3 Å². The van der Waals surface area contributed by atoms with Gasteiger partial charge < -0.3 is 10.8 Å². The van der Waals surface area contributed by atoms with Gasteiger partial charge in [0.25, 0.3) is 0 Å². The molecule has 0 fully saturated rings. The van der Waals surface area contributed by atoms with E-state index in [-0.39, 0.29) is 17.1 Å². The van der Waals surface area contributed by atoms with Crippen LogP contribution < -0.4 is 21.2 Å². The average molecular weight is 671 g/mol. The molecule has 4 nitrogen and oxygen atoms in total. The van der Waals surface area contributed by atoms with Crippen molar-refractivity contribution >= 4 is 73.3 Å². The van der Waals surface area contributed by atoms with E-state index in [9.17, 15) is 0 Å². The van der Waals surface area contributed by atoms with E-state index < -0.39 is 15.8 Å². The van der Waals surface area contributed by atoms with Gasteiger partial charge in [0, 0.05) is 12.4 Å². The number of para-hydroxylation sites is 2. The van der Waals surface area contributed by atoms with Crippen LogP contribution in [0.1, 0.15) is 13.8 Å². The molecule has 5 aromatic carbocycles. The van der Waals surface area contributed by atoms with Crippen molar-refractivity contribution in [2.24, 2.45) is 9.98 Å². The molecule has 5 rings (SSSR count). The Morgan fingerprint density at radius 1 is 0.444 bits per heavy atom. The van der Waals surface area contributed by atoms with E-state index >= 15 is 0 Å². The second-order valence-corrected chi connectivity index (χ2v) is 14.5. The molecule has 0 spiro atoms. The van der Waals surface area contributed by atoms with Crippen LogP contribution in [0.4, 0.5) is 11.4 Å². The summed E-state index contributed by atoms with van der Waals surface area (Å²) in [6, 6.07) is 51.5. The van der Waals surface area contributed by atoms with Gasteiger partial charge in [-0.25, -0.2) is 12.4 Å². The van der Waals surface area contributed by atoms with Crippen LogP contribution in [0.5, 0.6) is 0 Å². The summed E-state index contributed by atoms with van der Waals surface area (Å²) in [6.07, 6.45) is 8.02. The number of nitrogens with zero attached hydrogens (tertiary/aromatic N) is 4. The summed E-state index contributed by atoms with van der Waals surface area (Å²) < 4.78 is 0. The molecule has 0 unspecified atom stereocenters. The van der Waals surface area contributed by atoms with E-state index in [1.54, 1.807) is 13.8 Å². The molecule has 0 aromatic heterocycles. The number of aliphatic imine (C=N–C) groups is 2. The van der Waals surface area contributed by atoms with Gasteiger partial charge in [0.2, 0.25) is 0 Å². The van der Waals surface area contributed by atoms with Gasteiger partial charge in [0.1, 0.15) is 12.3 Å². The van der Waals surface area contributed by atoms with Crippen LogP contribution in [0.3, 0.4) is 0 Å². The molecule has 0 saturated carbocycles. The Labute approximate surface area is 281 Å². The Kier molecular flexibility index (Phi) is 18.8. The van der Waals surface area contributed by atoms with E-state index in [0.29, 0.717) is 0 Å². The molecule has 0 amide bonds. The zero-order valence-electron chi connectivity index (χ0n) is 25.7. The fourth-order valence-electron chi connectivity index (χ4n) is 4.52. The standard InChI is InChI=1S/C34H30N2P2.2C2H4N.Fe/c1-5-15-29(16-6-1)37(30-17-7-2-8-18-30)27-25-35-33-23-13-14-24-34(33)36-26-28-38(31-19-9-3-10-20-31)32-21-11-4-12-22-32;2*1-2-3;/h1-26H,27-28H2;2*2H,1H3;/q;2*-1;+2/p+2. The summed E-state index contributed by atoms with van der Waals surface area (Å²) in [5.74, 6) is 0. The fourth-order valence-corrected chi connectivity index (χ4v) is 9.05. The number of rotatable bonds is 10. The van der Waals surface area contributed by atoms with Crippen molar-refractivity contribution in [1.29, 1.82) is 0 Å². The van der Waals surface area contributed by atoms with Crippen LogP contribution in [0.25, 0.3) is 10.8 Å². The van der Waals surface area contributed by atoms with Crippen molar-refractivity contribution < 1.29 is 17.1 Å². The maximum atomic E-state index is 7.44. The molecule has 45 heavy (non-hydrogen) atoms. The van der Waals surface area contributed by atoms with E-state index in [1.165, 1.54) is 21.2 Å².